The zero-order valence-electron chi connectivity index (χ0n) is 18.4. The fourth-order valence-electron chi connectivity index (χ4n) is 3.45. The molecule has 0 atom stereocenters. The Balaban J connectivity index is 0.00000324. The van der Waals surface area contributed by atoms with Crippen LogP contribution in [0, 0.1) is 11.3 Å². The number of methoxy groups -OCH3 is 1. The number of allylic oxidation sites excluding steroid dienone is 1. The second kappa shape index (κ2) is 10.9. The van der Waals surface area contributed by atoms with Crippen molar-refractivity contribution >= 4 is 28.4 Å². The molecule has 0 amide bonds. The summed E-state index contributed by atoms with van der Waals surface area (Å²) in [7, 11) is 1.51. The number of rotatable bonds is 7. The topological polar surface area (TPSA) is 129 Å². The average Bonchev–Trinajstić information content (AvgIpc) is 3.31. The van der Waals surface area contributed by atoms with Crippen LogP contribution >= 0.6 is 0 Å². The van der Waals surface area contributed by atoms with Gasteiger partial charge in [0.2, 0.25) is 0 Å². The number of carboxylic acid groups (broad SMARTS) is 1. The minimum absolute atomic E-state index is 0. The number of Topliss-reactive ketones (excluding diaryl/α,β-unsaturated/α-hetero) is 1. The van der Waals surface area contributed by atoms with Crippen LogP contribution < -0.4 is 39.4 Å². The molecule has 4 rings (SSSR count). The third kappa shape index (κ3) is 5.24. The van der Waals surface area contributed by atoms with E-state index in [9.17, 15) is 14.7 Å². The number of hydrogen-bond acceptors (Lipinski definition) is 8. The zero-order chi connectivity index (χ0) is 23.4. The van der Waals surface area contributed by atoms with E-state index in [1.54, 1.807) is 54.6 Å². The number of carbonyl (C=O) groups excluding carboxylic acids is 2. The van der Waals surface area contributed by atoms with Gasteiger partial charge in [0.05, 0.1) is 24.7 Å². The fourth-order valence-corrected chi connectivity index (χ4v) is 3.45. The molecular weight excluding hydrogens is 445 g/mol. The Bertz CT molecular complexity index is 1420. The number of benzene rings is 3. The molecule has 0 N–H and O–H groups in total. The van der Waals surface area contributed by atoms with E-state index in [1.807, 2.05) is 6.07 Å². The first-order valence-electron chi connectivity index (χ1n) is 9.85. The molecule has 0 aliphatic heterocycles. The number of hydrogen-bond donors (Lipinski definition) is 0. The monoisotopic (exact) mass is 461 g/mol. The molecule has 3 aromatic carbocycles. The van der Waals surface area contributed by atoms with Crippen molar-refractivity contribution in [3.8, 4) is 11.8 Å². The predicted molar refractivity (Wildman–Crippen MR) is 116 cm³/mol. The molecule has 162 valence electrons. The Morgan fingerprint density at radius 2 is 1.62 bits per heavy atom. The molecule has 0 aliphatic rings. The third-order valence-electron chi connectivity index (χ3n) is 5.14. The van der Waals surface area contributed by atoms with E-state index in [-0.39, 0.29) is 52.7 Å². The van der Waals surface area contributed by atoms with E-state index < -0.39 is 11.8 Å². The van der Waals surface area contributed by atoms with Crippen molar-refractivity contribution in [3.05, 3.63) is 94.6 Å². The molecule has 9 heteroatoms. The van der Waals surface area contributed by atoms with E-state index in [0.29, 0.717) is 33.5 Å². The number of fused-ring (bicyclic) bond motifs is 1. The summed E-state index contributed by atoms with van der Waals surface area (Å²) < 4.78 is 9.83. The van der Waals surface area contributed by atoms with Crippen molar-refractivity contribution < 1.29 is 53.6 Å². The van der Waals surface area contributed by atoms with Crippen LogP contribution in [0.3, 0.4) is 0 Å². The molecule has 0 bridgehead atoms. The number of nitriles is 1. The first-order valence-corrected chi connectivity index (χ1v) is 9.85. The Labute approximate surface area is 216 Å². The summed E-state index contributed by atoms with van der Waals surface area (Å²) in [5, 5.41) is 28.8. The number of aliphatic carboxylic acids is 1. The fraction of sp³-hybridized carbons (Fsp3) is 0.0800. The third-order valence-corrected chi connectivity index (χ3v) is 5.14. The van der Waals surface area contributed by atoms with Crippen molar-refractivity contribution in [1.82, 2.24) is 10.3 Å². The molecule has 0 saturated carbocycles. The van der Waals surface area contributed by atoms with Gasteiger partial charge < -0.3 is 14.6 Å². The number of carboxylic acids is 1. The first kappa shape index (κ1) is 24.9. The Morgan fingerprint density at radius 3 is 2.24 bits per heavy atom. The molecule has 0 aliphatic carbocycles. The summed E-state index contributed by atoms with van der Waals surface area (Å²) >= 11 is 0. The Hall–Kier alpha value is -3.77. The molecule has 0 fully saturated rings. The Kier molecular flexibility index (Phi) is 7.97. The quantitative estimate of drug-likeness (QED) is 0.209. The summed E-state index contributed by atoms with van der Waals surface area (Å²) in [6.45, 7) is 0. The van der Waals surface area contributed by atoms with Gasteiger partial charge in [-0.15, -0.1) is 0 Å². The van der Waals surface area contributed by atoms with Gasteiger partial charge in [0, 0.05) is 23.1 Å². The second-order valence-electron chi connectivity index (χ2n) is 7.15. The van der Waals surface area contributed by atoms with Crippen molar-refractivity contribution in [2.45, 2.75) is 6.42 Å². The van der Waals surface area contributed by atoms with Crippen LogP contribution in [0.5, 0.6) is 5.75 Å². The van der Waals surface area contributed by atoms with Gasteiger partial charge in [-0.25, -0.2) is 4.63 Å². The van der Waals surface area contributed by atoms with E-state index in [0.717, 1.165) is 0 Å². The summed E-state index contributed by atoms with van der Waals surface area (Å²) in [6.07, 6.45) is 0.00892. The largest absolute Gasteiger partial charge is 1.00 e. The molecule has 0 unspecified atom stereocenters. The number of aromatic nitrogens is 2. The van der Waals surface area contributed by atoms with E-state index >= 15 is 0 Å². The van der Waals surface area contributed by atoms with Crippen LogP contribution in [-0.2, 0) is 11.2 Å². The maximum Gasteiger partial charge on any atom is 1.00 e. The van der Waals surface area contributed by atoms with Gasteiger partial charge in [-0.1, -0.05) is 18.2 Å². The zero-order valence-corrected chi connectivity index (χ0v) is 20.4. The SMILES string of the molecule is COc1ccc(C(=O)/C(Cc2ccc(C#N)cc2)=C(/C(=O)[O-])c2ccc3nonc3c2)cc1.[Na+]. The summed E-state index contributed by atoms with van der Waals surface area (Å²) in [6, 6.07) is 19.5. The molecule has 1 heterocycles. The molecule has 1 aromatic heterocycles. The predicted octanol–water partition coefficient (Wildman–Crippen LogP) is -0.264. The van der Waals surface area contributed by atoms with Gasteiger partial charge in [-0.05, 0) is 70.0 Å². The normalized spacial score (nSPS) is 11.2. The van der Waals surface area contributed by atoms with E-state index in [1.165, 1.54) is 19.2 Å². The van der Waals surface area contributed by atoms with Gasteiger partial charge in [-0.2, -0.15) is 5.26 Å². The van der Waals surface area contributed by atoms with Crippen molar-refractivity contribution in [2.75, 3.05) is 7.11 Å². The molecule has 0 radical (unpaired) electrons. The van der Waals surface area contributed by atoms with Gasteiger partial charge in [-0.3, -0.25) is 4.79 Å². The standard InChI is InChI=1S/C25H17N3O5.Na/c1-32-19-9-6-17(7-10-19)24(29)20(12-15-2-4-16(14-26)5-3-15)23(25(30)31)18-8-11-21-22(13-18)28-33-27-21;/h2-11,13H,12H2,1H3,(H,30,31);/q;+1/p-1/b23-20+;. The summed E-state index contributed by atoms with van der Waals surface area (Å²) in [4.78, 5) is 25.8. The van der Waals surface area contributed by atoms with Crippen LogP contribution in [0.4, 0.5) is 0 Å². The molecule has 8 nitrogen and oxygen atoms in total. The van der Waals surface area contributed by atoms with Gasteiger partial charge in [0.25, 0.3) is 0 Å². The molecule has 4 aromatic rings. The molecule has 0 saturated heterocycles. The van der Waals surface area contributed by atoms with Crippen LogP contribution in [0.2, 0.25) is 0 Å². The maximum atomic E-state index is 13.5. The van der Waals surface area contributed by atoms with Crippen LogP contribution in [-0.4, -0.2) is 29.2 Å². The van der Waals surface area contributed by atoms with Crippen molar-refractivity contribution in [3.63, 3.8) is 0 Å². The van der Waals surface area contributed by atoms with Gasteiger partial charge in [0.15, 0.2) is 5.78 Å². The van der Waals surface area contributed by atoms with Crippen LogP contribution in [0.1, 0.15) is 27.0 Å². The van der Waals surface area contributed by atoms with Gasteiger partial charge >= 0.3 is 29.6 Å². The van der Waals surface area contributed by atoms with Crippen LogP contribution in [0.15, 0.2) is 76.9 Å². The minimum atomic E-state index is -1.50. The smallest absolute Gasteiger partial charge is 0.545 e. The number of carbonyl (C=O) groups is 2. The van der Waals surface area contributed by atoms with E-state index in [2.05, 4.69) is 10.3 Å². The van der Waals surface area contributed by atoms with Crippen LogP contribution in [0.25, 0.3) is 16.6 Å². The number of ketones is 1. The van der Waals surface area contributed by atoms with Crippen molar-refractivity contribution in [1.29, 1.82) is 5.26 Å². The minimum Gasteiger partial charge on any atom is -0.545 e. The molecular formula is C25H16N3NaO5. The summed E-state index contributed by atoms with van der Waals surface area (Å²) in [5.74, 6) is -1.41. The summed E-state index contributed by atoms with van der Waals surface area (Å²) in [5.41, 5.74) is 2.22. The first-order chi connectivity index (χ1) is 16.0. The number of nitrogens with zero attached hydrogens (tertiary/aromatic N) is 3. The van der Waals surface area contributed by atoms with E-state index in [4.69, 9.17) is 14.6 Å². The van der Waals surface area contributed by atoms with Crippen molar-refractivity contribution in [2.24, 2.45) is 0 Å². The Morgan fingerprint density at radius 1 is 0.971 bits per heavy atom. The molecule has 0 spiro atoms. The average molecular weight is 461 g/mol. The number of ether oxygens (including phenoxy) is 1. The maximum absolute atomic E-state index is 13.5. The van der Waals surface area contributed by atoms with Gasteiger partial charge in [0.1, 0.15) is 16.8 Å². The molecule has 34 heavy (non-hydrogen) atoms. The second-order valence-corrected chi connectivity index (χ2v) is 7.15.